The maximum absolute atomic E-state index is 12.9. The summed E-state index contributed by atoms with van der Waals surface area (Å²) in [6.45, 7) is 5.56. The Hall–Kier alpha value is -2.68. The Morgan fingerprint density at radius 1 is 1.12 bits per heavy atom. The number of rotatable bonds is 7. The van der Waals surface area contributed by atoms with E-state index in [-0.39, 0.29) is 28.2 Å². The SMILES string of the molecule is CCN(CC)S(=O)(=O)c1cc(NC(=O)C[C@@H]2c3ccccc3C=CN2C(C)=O)ccc1Cl. The van der Waals surface area contributed by atoms with Gasteiger partial charge in [-0.1, -0.05) is 49.7 Å². The Morgan fingerprint density at radius 2 is 1.81 bits per heavy atom. The second-order valence-corrected chi connectivity index (χ2v) is 9.69. The molecule has 0 saturated heterocycles. The summed E-state index contributed by atoms with van der Waals surface area (Å²) >= 11 is 6.17. The van der Waals surface area contributed by atoms with Gasteiger partial charge in [0.2, 0.25) is 21.8 Å². The predicted octanol–water partition coefficient (Wildman–Crippen LogP) is 4.27. The summed E-state index contributed by atoms with van der Waals surface area (Å²) in [7, 11) is -3.79. The van der Waals surface area contributed by atoms with Crippen LogP contribution in [0.1, 0.15) is 44.4 Å². The first-order valence-electron chi connectivity index (χ1n) is 10.3. The number of sulfonamides is 1. The standard InChI is InChI=1S/C23H26ClN3O4S/c1-4-26(5-2)32(30,31)22-14-18(10-11-20(22)24)25-23(29)15-21-19-9-7-6-8-17(19)12-13-27(21)16(3)28/h6-14,21H,4-5,15H2,1-3H3,(H,25,29)/t21-/m1/s1. The monoisotopic (exact) mass is 475 g/mol. The molecule has 0 unspecified atom stereocenters. The topological polar surface area (TPSA) is 86.8 Å². The van der Waals surface area contributed by atoms with Gasteiger partial charge in [0.1, 0.15) is 4.90 Å². The van der Waals surface area contributed by atoms with Crippen LogP contribution in [0.15, 0.2) is 53.6 Å². The van der Waals surface area contributed by atoms with Crippen molar-refractivity contribution < 1.29 is 18.0 Å². The summed E-state index contributed by atoms with van der Waals surface area (Å²) in [6, 6.07) is 11.5. The molecule has 3 rings (SSSR count). The van der Waals surface area contributed by atoms with E-state index in [2.05, 4.69) is 5.32 Å². The molecule has 2 aromatic carbocycles. The van der Waals surface area contributed by atoms with E-state index in [1.807, 2.05) is 30.3 Å². The average Bonchev–Trinajstić information content (AvgIpc) is 2.75. The van der Waals surface area contributed by atoms with Gasteiger partial charge in [-0.2, -0.15) is 4.31 Å². The molecule has 1 aliphatic heterocycles. The highest BCUT2D eigenvalue weighted by atomic mass is 35.5. The van der Waals surface area contributed by atoms with Crippen LogP contribution in [-0.2, 0) is 19.6 Å². The van der Waals surface area contributed by atoms with Gasteiger partial charge in [-0.3, -0.25) is 9.59 Å². The fourth-order valence-corrected chi connectivity index (χ4v) is 5.74. The molecular weight excluding hydrogens is 450 g/mol. The number of nitrogens with one attached hydrogen (secondary N) is 1. The molecule has 32 heavy (non-hydrogen) atoms. The van der Waals surface area contributed by atoms with Crippen LogP contribution in [-0.4, -0.2) is 42.5 Å². The average molecular weight is 476 g/mol. The van der Waals surface area contributed by atoms with Crippen LogP contribution in [0.3, 0.4) is 0 Å². The van der Waals surface area contributed by atoms with Crippen molar-refractivity contribution in [2.24, 2.45) is 0 Å². The summed E-state index contributed by atoms with van der Waals surface area (Å²) in [5, 5.41) is 2.84. The number of halogens is 1. The van der Waals surface area contributed by atoms with E-state index in [1.54, 1.807) is 26.1 Å². The van der Waals surface area contributed by atoms with Crippen LogP contribution >= 0.6 is 11.6 Å². The fourth-order valence-electron chi connectivity index (χ4n) is 3.78. The minimum absolute atomic E-state index is 0.0156. The van der Waals surface area contributed by atoms with Gasteiger partial charge in [0, 0.05) is 31.9 Å². The zero-order valence-electron chi connectivity index (χ0n) is 18.2. The normalized spacial score (nSPS) is 15.5. The Labute approximate surface area is 193 Å². The number of benzene rings is 2. The molecule has 2 amide bonds. The van der Waals surface area contributed by atoms with Crippen molar-refractivity contribution in [1.82, 2.24) is 9.21 Å². The first-order chi connectivity index (χ1) is 15.2. The lowest BCUT2D eigenvalue weighted by atomic mass is 9.93. The van der Waals surface area contributed by atoms with Crippen LogP contribution in [0.2, 0.25) is 5.02 Å². The van der Waals surface area contributed by atoms with Crippen LogP contribution in [0.5, 0.6) is 0 Å². The molecule has 0 saturated carbocycles. The molecule has 0 aromatic heterocycles. The van der Waals surface area contributed by atoms with Gasteiger partial charge in [-0.15, -0.1) is 0 Å². The zero-order chi connectivity index (χ0) is 23.5. The number of hydrogen-bond acceptors (Lipinski definition) is 4. The third-order valence-electron chi connectivity index (χ3n) is 5.39. The zero-order valence-corrected chi connectivity index (χ0v) is 19.8. The molecule has 0 bridgehead atoms. The summed E-state index contributed by atoms with van der Waals surface area (Å²) in [5.41, 5.74) is 2.14. The maximum atomic E-state index is 12.9. The molecule has 1 atom stereocenters. The Kier molecular flexibility index (Phi) is 7.38. The first-order valence-corrected chi connectivity index (χ1v) is 12.2. The van der Waals surface area contributed by atoms with Crippen molar-refractivity contribution >= 4 is 45.2 Å². The van der Waals surface area contributed by atoms with E-state index in [0.29, 0.717) is 18.8 Å². The van der Waals surface area contributed by atoms with E-state index < -0.39 is 16.1 Å². The summed E-state index contributed by atoms with van der Waals surface area (Å²) in [5.74, 6) is -0.521. The van der Waals surface area contributed by atoms with Gasteiger partial charge in [-0.05, 0) is 35.4 Å². The van der Waals surface area contributed by atoms with Crippen molar-refractivity contribution in [3.05, 3.63) is 64.8 Å². The summed E-state index contributed by atoms with van der Waals surface area (Å²) in [6.07, 6.45) is 3.54. The lowest BCUT2D eigenvalue weighted by molar-refractivity contribution is -0.129. The minimum atomic E-state index is -3.79. The van der Waals surface area contributed by atoms with Gasteiger partial charge in [0.05, 0.1) is 17.5 Å². The van der Waals surface area contributed by atoms with Gasteiger partial charge in [0.25, 0.3) is 0 Å². The van der Waals surface area contributed by atoms with Crippen LogP contribution < -0.4 is 5.32 Å². The molecule has 9 heteroatoms. The highest BCUT2D eigenvalue weighted by Crippen LogP contribution is 2.33. The molecule has 1 heterocycles. The van der Waals surface area contributed by atoms with Crippen molar-refractivity contribution in [1.29, 1.82) is 0 Å². The number of fused-ring (bicyclic) bond motifs is 1. The largest absolute Gasteiger partial charge is 0.326 e. The van der Waals surface area contributed by atoms with E-state index in [1.165, 1.54) is 28.3 Å². The van der Waals surface area contributed by atoms with Crippen molar-refractivity contribution in [2.75, 3.05) is 18.4 Å². The third-order valence-corrected chi connectivity index (χ3v) is 7.92. The first kappa shape index (κ1) is 24.0. The second-order valence-electron chi connectivity index (χ2n) is 7.37. The van der Waals surface area contributed by atoms with E-state index in [4.69, 9.17) is 11.6 Å². The van der Waals surface area contributed by atoms with E-state index in [0.717, 1.165) is 11.1 Å². The van der Waals surface area contributed by atoms with Crippen molar-refractivity contribution in [3.8, 4) is 0 Å². The van der Waals surface area contributed by atoms with E-state index in [9.17, 15) is 18.0 Å². The molecule has 1 aliphatic rings. The van der Waals surface area contributed by atoms with Crippen LogP contribution in [0.4, 0.5) is 5.69 Å². The number of carbonyl (C=O) groups excluding carboxylic acids is 2. The molecule has 7 nitrogen and oxygen atoms in total. The number of hydrogen-bond donors (Lipinski definition) is 1. The van der Waals surface area contributed by atoms with Crippen molar-refractivity contribution in [3.63, 3.8) is 0 Å². The third kappa shape index (κ3) is 4.87. The number of amides is 2. The molecule has 0 radical (unpaired) electrons. The lowest BCUT2D eigenvalue weighted by Crippen LogP contribution is -2.33. The number of nitrogens with zero attached hydrogens (tertiary/aromatic N) is 2. The predicted molar refractivity (Wildman–Crippen MR) is 126 cm³/mol. The van der Waals surface area contributed by atoms with Gasteiger partial charge < -0.3 is 10.2 Å². The van der Waals surface area contributed by atoms with Gasteiger partial charge in [0.15, 0.2) is 0 Å². The van der Waals surface area contributed by atoms with Gasteiger partial charge >= 0.3 is 0 Å². The number of anilines is 1. The molecule has 1 N–H and O–H groups in total. The molecule has 170 valence electrons. The molecule has 0 spiro atoms. The van der Waals surface area contributed by atoms with Crippen molar-refractivity contribution in [2.45, 2.75) is 38.1 Å². The highest BCUT2D eigenvalue weighted by Gasteiger charge is 2.29. The lowest BCUT2D eigenvalue weighted by Gasteiger charge is -2.32. The molecule has 2 aromatic rings. The number of carbonyl (C=O) groups is 2. The summed E-state index contributed by atoms with van der Waals surface area (Å²) < 4.78 is 27.1. The minimum Gasteiger partial charge on any atom is -0.326 e. The van der Waals surface area contributed by atoms with Gasteiger partial charge in [-0.25, -0.2) is 8.42 Å². The highest BCUT2D eigenvalue weighted by molar-refractivity contribution is 7.89. The van der Waals surface area contributed by atoms with E-state index >= 15 is 0 Å². The molecule has 0 fully saturated rings. The molecular formula is C23H26ClN3O4S. The quantitative estimate of drug-likeness (QED) is 0.647. The Bertz CT molecular complexity index is 1160. The second kappa shape index (κ2) is 9.85. The Balaban J connectivity index is 1.85. The fraction of sp³-hybridized carbons (Fsp3) is 0.304. The summed E-state index contributed by atoms with van der Waals surface area (Å²) in [4.78, 5) is 26.5. The Morgan fingerprint density at radius 3 is 2.47 bits per heavy atom. The van der Waals surface area contributed by atoms with Crippen LogP contribution in [0, 0.1) is 0 Å². The maximum Gasteiger partial charge on any atom is 0.244 e. The molecule has 0 aliphatic carbocycles. The van der Waals surface area contributed by atoms with Crippen LogP contribution in [0.25, 0.3) is 6.08 Å². The smallest absolute Gasteiger partial charge is 0.244 e.